The molecule has 2 N–H and O–H groups in total. The van der Waals surface area contributed by atoms with E-state index in [1.807, 2.05) is 18.9 Å². The minimum absolute atomic E-state index is 0. The van der Waals surface area contributed by atoms with Crippen molar-refractivity contribution < 1.29 is 9.53 Å². The molecular formula is C12H25ClN2O2. The highest BCUT2D eigenvalue weighted by Gasteiger charge is 2.26. The summed E-state index contributed by atoms with van der Waals surface area (Å²) in [6.07, 6.45) is 5.02. The highest BCUT2D eigenvalue weighted by Crippen LogP contribution is 2.24. The molecule has 17 heavy (non-hydrogen) atoms. The van der Waals surface area contributed by atoms with Crippen LogP contribution in [0.15, 0.2) is 0 Å². The van der Waals surface area contributed by atoms with Gasteiger partial charge >= 0.3 is 0 Å². The number of nitrogens with zero attached hydrogens (tertiary/aromatic N) is 1. The van der Waals surface area contributed by atoms with Crippen molar-refractivity contribution in [3.63, 3.8) is 0 Å². The molecule has 4 nitrogen and oxygen atoms in total. The smallest absolute Gasteiger partial charge is 0.224 e. The summed E-state index contributed by atoms with van der Waals surface area (Å²) in [6.45, 7) is 1.87. The van der Waals surface area contributed by atoms with E-state index in [9.17, 15) is 4.79 Å². The molecule has 0 bridgehead atoms. The van der Waals surface area contributed by atoms with Gasteiger partial charge in [0.25, 0.3) is 0 Å². The number of carbonyl (C=O) groups excluding carboxylic acids is 1. The van der Waals surface area contributed by atoms with Crippen molar-refractivity contribution in [3.8, 4) is 0 Å². The van der Waals surface area contributed by atoms with Gasteiger partial charge in [-0.2, -0.15) is 0 Å². The van der Waals surface area contributed by atoms with Gasteiger partial charge in [0, 0.05) is 32.7 Å². The fraction of sp³-hybridized carbons (Fsp3) is 0.917. The first-order valence-electron chi connectivity index (χ1n) is 6.08. The number of rotatable bonds is 4. The zero-order valence-electron chi connectivity index (χ0n) is 11.0. The van der Waals surface area contributed by atoms with Crippen molar-refractivity contribution in [1.82, 2.24) is 4.90 Å². The van der Waals surface area contributed by atoms with Gasteiger partial charge in [0.2, 0.25) is 5.91 Å². The third-order valence-electron chi connectivity index (χ3n) is 3.41. The molecule has 1 atom stereocenters. The highest BCUT2D eigenvalue weighted by molar-refractivity contribution is 5.85. The molecule has 0 aromatic heterocycles. The third kappa shape index (κ3) is 5.23. The van der Waals surface area contributed by atoms with E-state index in [0.717, 1.165) is 25.7 Å². The summed E-state index contributed by atoms with van der Waals surface area (Å²) in [5.74, 6) is 0.163. The van der Waals surface area contributed by atoms with Gasteiger partial charge in [0.1, 0.15) is 0 Å². The van der Waals surface area contributed by atoms with Gasteiger partial charge in [-0.25, -0.2) is 0 Å². The SMILES string of the molecule is COC1CCC(N(C)C(=O)CC(C)N)CC1.Cl. The Kier molecular flexibility index (Phi) is 7.75. The van der Waals surface area contributed by atoms with E-state index in [0.29, 0.717) is 18.6 Å². The monoisotopic (exact) mass is 264 g/mol. The summed E-state index contributed by atoms with van der Waals surface area (Å²) in [5.41, 5.74) is 5.64. The summed E-state index contributed by atoms with van der Waals surface area (Å²) in [4.78, 5) is 13.7. The molecule has 1 unspecified atom stereocenters. The van der Waals surface area contributed by atoms with Crippen LogP contribution >= 0.6 is 12.4 Å². The van der Waals surface area contributed by atoms with Crippen LogP contribution in [0.4, 0.5) is 0 Å². The topological polar surface area (TPSA) is 55.6 Å². The number of ether oxygens (including phenoxy) is 1. The predicted molar refractivity (Wildman–Crippen MR) is 71.3 cm³/mol. The summed E-state index contributed by atoms with van der Waals surface area (Å²) < 4.78 is 5.32. The molecule has 0 radical (unpaired) electrons. The molecule has 1 rings (SSSR count). The van der Waals surface area contributed by atoms with Gasteiger partial charge in [-0.05, 0) is 32.6 Å². The van der Waals surface area contributed by atoms with Crippen LogP contribution in [0, 0.1) is 0 Å². The van der Waals surface area contributed by atoms with E-state index in [2.05, 4.69) is 0 Å². The molecular weight excluding hydrogens is 240 g/mol. The van der Waals surface area contributed by atoms with Crippen molar-refractivity contribution in [1.29, 1.82) is 0 Å². The molecule has 0 aromatic carbocycles. The van der Waals surface area contributed by atoms with E-state index in [1.54, 1.807) is 7.11 Å². The first-order chi connectivity index (χ1) is 7.54. The van der Waals surface area contributed by atoms with E-state index >= 15 is 0 Å². The molecule has 1 aliphatic rings. The second kappa shape index (κ2) is 7.90. The van der Waals surface area contributed by atoms with Crippen molar-refractivity contribution in [2.24, 2.45) is 5.73 Å². The fourth-order valence-electron chi connectivity index (χ4n) is 2.29. The molecule has 102 valence electrons. The van der Waals surface area contributed by atoms with E-state index in [1.165, 1.54) is 0 Å². The zero-order chi connectivity index (χ0) is 12.1. The van der Waals surface area contributed by atoms with Gasteiger partial charge in [-0.15, -0.1) is 12.4 Å². The number of hydrogen-bond acceptors (Lipinski definition) is 3. The quantitative estimate of drug-likeness (QED) is 0.839. The Morgan fingerprint density at radius 3 is 2.35 bits per heavy atom. The lowest BCUT2D eigenvalue weighted by Gasteiger charge is -2.34. The van der Waals surface area contributed by atoms with Gasteiger partial charge in [0.05, 0.1) is 6.10 Å². The van der Waals surface area contributed by atoms with Crippen LogP contribution in [0.5, 0.6) is 0 Å². The first-order valence-corrected chi connectivity index (χ1v) is 6.08. The average molecular weight is 265 g/mol. The van der Waals surface area contributed by atoms with Gasteiger partial charge < -0.3 is 15.4 Å². The molecule has 0 heterocycles. The number of carbonyl (C=O) groups is 1. The molecule has 1 saturated carbocycles. The standard InChI is InChI=1S/C12H24N2O2.ClH/c1-9(13)8-12(15)14(2)10-4-6-11(16-3)7-5-10;/h9-11H,4-8,13H2,1-3H3;1H. The summed E-state index contributed by atoms with van der Waals surface area (Å²) >= 11 is 0. The molecule has 0 aliphatic heterocycles. The molecule has 0 saturated heterocycles. The van der Waals surface area contributed by atoms with Crippen LogP contribution in [-0.2, 0) is 9.53 Å². The van der Waals surface area contributed by atoms with E-state index < -0.39 is 0 Å². The van der Waals surface area contributed by atoms with Crippen molar-refractivity contribution >= 4 is 18.3 Å². The predicted octanol–water partition coefficient (Wildman–Crippen LogP) is 1.56. The number of amides is 1. The average Bonchev–Trinajstić information content (AvgIpc) is 2.27. The van der Waals surface area contributed by atoms with Gasteiger partial charge in [-0.3, -0.25) is 4.79 Å². The van der Waals surface area contributed by atoms with Crippen LogP contribution in [0.2, 0.25) is 0 Å². The number of nitrogens with two attached hydrogens (primary N) is 1. The highest BCUT2D eigenvalue weighted by atomic mass is 35.5. The van der Waals surface area contributed by atoms with Crippen LogP contribution in [0.25, 0.3) is 0 Å². The fourth-order valence-corrected chi connectivity index (χ4v) is 2.29. The second-order valence-corrected chi connectivity index (χ2v) is 4.85. The Hall–Kier alpha value is -0.320. The second-order valence-electron chi connectivity index (χ2n) is 4.85. The van der Waals surface area contributed by atoms with E-state index in [-0.39, 0.29) is 24.4 Å². The Balaban J connectivity index is 0.00000256. The van der Waals surface area contributed by atoms with Crippen LogP contribution < -0.4 is 5.73 Å². The maximum absolute atomic E-state index is 11.8. The zero-order valence-corrected chi connectivity index (χ0v) is 11.8. The maximum atomic E-state index is 11.8. The largest absolute Gasteiger partial charge is 0.381 e. The lowest BCUT2D eigenvalue weighted by Crippen LogP contribution is -2.42. The molecule has 1 amide bonds. The number of hydrogen-bond donors (Lipinski definition) is 1. The number of methoxy groups -OCH3 is 1. The molecule has 1 aliphatic carbocycles. The van der Waals surface area contributed by atoms with Crippen LogP contribution in [0.1, 0.15) is 39.0 Å². The van der Waals surface area contributed by atoms with Gasteiger partial charge in [0.15, 0.2) is 0 Å². The van der Waals surface area contributed by atoms with Crippen molar-refractivity contribution in [2.75, 3.05) is 14.2 Å². The Bertz CT molecular complexity index is 229. The van der Waals surface area contributed by atoms with Crippen molar-refractivity contribution in [2.45, 2.75) is 57.2 Å². The minimum atomic E-state index is -0.0507. The number of halogens is 1. The van der Waals surface area contributed by atoms with Gasteiger partial charge in [-0.1, -0.05) is 0 Å². The molecule has 0 spiro atoms. The molecule has 1 fully saturated rings. The summed E-state index contributed by atoms with van der Waals surface area (Å²) in [5, 5.41) is 0. The third-order valence-corrected chi connectivity index (χ3v) is 3.41. The minimum Gasteiger partial charge on any atom is -0.381 e. The van der Waals surface area contributed by atoms with Crippen LogP contribution in [-0.4, -0.2) is 43.2 Å². The Labute approximate surface area is 110 Å². The summed E-state index contributed by atoms with van der Waals surface area (Å²) in [6, 6.07) is 0.322. The van der Waals surface area contributed by atoms with Crippen molar-refractivity contribution in [3.05, 3.63) is 0 Å². The lowest BCUT2D eigenvalue weighted by molar-refractivity contribution is -0.133. The first kappa shape index (κ1) is 16.7. The Morgan fingerprint density at radius 1 is 1.41 bits per heavy atom. The molecule has 5 heteroatoms. The lowest BCUT2D eigenvalue weighted by atomic mass is 9.92. The molecule has 0 aromatic rings. The van der Waals surface area contributed by atoms with E-state index in [4.69, 9.17) is 10.5 Å². The summed E-state index contributed by atoms with van der Waals surface area (Å²) in [7, 11) is 3.65. The Morgan fingerprint density at radius 2 is 1.94 bits per heavy atom. The van der Waals surface area contributed by atoms with Crippen LogP contribution in [0.3, 0.4) is 0 Å². The normalized spacial score (nSPS) is 25.9. The maximum Gasteiger partial charge on any atom is 0.224 e.